The van der Waals surface area contributed by atoms with Crippen LogP contribution in [0.25, 0.3) is 0 Å². The third-order valence-corrected chi connectivity index (χ3v) is 2.73. The third kappa shape index (κ3) is 10.2. The smallest absolute Gasteiger partial charge is 0.0543 e. The monoisotopic (exact) mass is 217 g/mol. The van der Waals surface area contributed by atoms with E-state index >= 15 is 0 Å². The Bertz CT molecular complexity index is 117. The average Bonchev–Trinajstić information content (AvgIpc) is 2.26. The highest BCUT2D eigenvalue weighted by Gasteiger charge is 1.99. The summed E-state index contributed by atoms with van der Waals surface area (Å²) in [4.78, 5) is 0. The average molecular weight is 217 g/mol. The predicted octanol–water partition coefficient (Wildman–Crippen LogP) is 2.21. The predicted molar refractivity (Wildman–Crippen MR) is 64.3 cm³/mol. The largest absolute Gasteiger partial charge is 0.382 e. The highest BCUT2D eigenvalue weighted by atomic mass is 16.5. The Morgan fingerprint density at radius 1 is 0.867 bits per heavy atom. The molecule has 0 aromatic heterocycles. The summed E-state index contributed by atoms with van der Waals surface area (Å²) in [6.45, 7) is 6.41. The zero-order valence-electron chi connectivity index (χ0n) is 10.7. The maximum atomic E-state index is 5.18. The van der Waals surface area contributed by atoms with Gasteiger partial charge in [0.05, 0.1) is 12.2 Å². The molecule has 0 spiro atoms. The number of methoxy groups -OCH3 is 2. The fourth-order valence-electron chi connectivity index (χ4n) is 1.39. The van der Waals surface area contributed by atoms with Gasteiger partial charge in [-0.3, -0.25) is 0 Å². The van der Waals surface area contributed by atoms with Crippen molar-refractivity contribution in [3.63, 3.8) is 0 Å². The van der Waals surface area contributed by atoms with Gasteiger partial charge in [0, 0.05) is 14.2 Å². The zero-order chi connectivity index (χ0) is 11.5. The molecule has 0 aromatic rings. The molecule has 92 valence electrons. The summed E-state index contributed by atoms with van der Waals surface area (Å²) in [5.74, 6) is 0. The van der Waals surface area contributed by atoms with Crippen molar-refractivity contribution in [3.05, 3.63) is 0 Å². The van der Waals surface area contributed by atoms with Gasteiger partial charge in [0.2, 0.25) is 0 Å². The zero-order valence-corrected chi connectivity index (χ0v) is 10.7. The van der Waals surface area contributed by atoms with Crippen LogP contribution in [0, 0.1) is 0 Å². The van der Waals surface area contributed by atoms with Crippen molar-refractivity contribution < 1.29 is 9.47 Å². The first-order valence-corrected chi connectivity index (χ1v) is 5.97. The summed E-state index contributed by atoms with van der Waals surface area (Å²) in [7, 11) is 3.54. The van der Waals surface area contributed by atoms with E-state index in [1.165, 1.54) is 12.8 Å². The van der Waals surface area contributed by atoms with Crippen LogP contribution in [0.5, 0.6) is 0 Å². The molecular formula is C12H27NO2. The van der Waals surface area contributed by atoms with Crippen LogP contribution >= 0.6 is 0 Å². The Morgan fingerprint density at radius 3 is 1.60 bits per heavy atom. The summed E-state index contributed by atoms with van der Waals surface area (Å²) in [5, 5.41) is 3.43. The summed E-state index contributed by atoms with van der Waals surface area (Å²) >= 11 is 0. The van der Waals surface area contributed by atoms with Crippen molar-refractivity contribution in [3.8, 4) is 0 Å². The molecule has 2 atom stereocenters. The first-order chi connectivity index (χ1) is 7.20. The maximum absolute atomic E-state index is 5.18. The molecule has 0 rings (SSSR count). The Kier molecular flexibility index (Phi) is 10.3. The number of hydrogen-bond donors (Lipinski definition) is 1. The van der Waals surface area contributed by atoms with Crippen molar-refractivity contribution >= 4 is 0 Å². The summed E-state index contributed by atoms with van der Waals surface area (Å²) < 4.78 is 10.4. The molecule has 0 heterocycles. The third-order valence-electron chi connectivity index (χ3n) is 2.73. The maximum Gasteiger partial charge on any atom is 0.0543 e. The quantitative estimate of drug-likeness (QED) is 0.569. The summed E-state index contributed by atoms with van der Waals surface area (Å²) in [6.07, 6.45) is 5.43. The minimum Gasteiger partial charge on any atom is -0.382 e. The van der Waals surface area contributed by atoms with E-state index in [4.69, 9.17) is 9.47 Å². The number of hydrogen-bond acceptors (Lipinski definition) is 3. The van der Waals surface area contributed by atoms with E-state index in [2.05, 4.69) is 19.2 Å². The molecule has 0 aliphatic rings. The molecule has 0 fully saturated rings. The lowest BCUT2D eigenvalue weighted by molar-refractivity contribution is 0.107. The van der Waals surface area contributed by atoms with Gasteiger partial charge in [0.15, 0.2) is 0 Å². The van der Waals surface area contributed by atoms with E-state index < -0.39 is 0 Å². The van der Waals surface area contributed by atoms with Crippen LogP contribution in [0.2, 0.25) is 0 Å². The molecule has 0 aliphatic carbocycles. The SMILES string of the molecule is COC(C)CCCNCCCC(C)OC. The van der Waals surface area contributed by atoms with Gasteiger partial charge >= 0.3 is 0 Å². The second-order valence-corrected chi connectivity index (χ2v) is 4.13. The molecule has 0 aliphatic heterocycles. The molecule has 3 nitrogen and oxygen atoms in total. The number of ether oxygens (including phenoxy) is 2. The first kappa shape index (κ1) is 14.9. The summed E-state index contributed by atoms with van der Waals surface area (Å²) in [6, 6.07) is 0. The fraction of sp³-hybridized carbons (Fsp3) is 1.00. The van der Waals surface area contributed by atoms with E-state index in [1.807, 2.05) is 0 Å². The molecule has 0 aromatic carbocycles. The van der Waals surface area contributed by atoms with Crippen LogP contribution in [-0.4, -0.2) is 39.5 Å². The van der Waals surface area contributed by atoms with E-state index in [1.54, 1.807) is 14.2 Å². The van der Waals surface area contributed by atoms with Crippen LogP contribution in [0.15, 0.2) is 0 Å². The van der Waals surface area contributed by atoms with Crippen LogP contribution in [0.4, 0.5) is 0 Å². The molecule has 0 bridgehead atoms. The molecule has 3 heteroatoms. The van der Waals surface area contributed by atoms with Gasteiger partial charge in [0.25, 0.3) is 0 Å². The molecule has 15 heavy (non-hydrogen) atoms. The highest BCUT2D eigenvalue weighted by Crippen LogP contribution is 2.00. The van der Waals surface area contributed by atoms with E-state index in [0.717, 1.165) is 25.9 Å². The fourth-order valence-corrected chi connectivity index (χ4v) is 1.39. The Morgan fingerprint density at radius 2 is 1.27 bits per heavy atom. The molecule has 0 saturated carbocycles. The molecule has 0 saturated heterocycles. The standard InChI is InChI=1S/C12H27NO2/c1-11(14-3)7-5-9-13-10-6-8-12(2)15-4/h11-13H,5-10H2,1-4H3. The van der Waals surface area contributed by atoms with Crippen molar-refractivity contribution in [1.82, 2.24) is 5.32 Å². The topological polar surface area (TPSA) is 30.5 Å². The Balaban J connectivity index is 3.05. The molecule has 0 radical (unpaired) electrons. The van der Waals surface area contributed by atoms with Gasteiger partial charge < -0.3 is 14.8 Å². The van der Waals surface area contributed by atoms with E-state index in [0.29, 0.717) is 12.2 Å². The van der Waals surface area contributed by atoms with Crippen LogP contribution in [-0.2, 0) is 9.47 Å². The second-order valence-electron chi connectivity index (χ2n) is 4.13. The van der Waals surface area contributed by atoms with Crippen molar-refractivity contribution in [1.29, 1.82) is 0 Å². The lowest BCUT2D eigenvalue weighted by Crippen LogP contribution is -2.19. The second kappa shape index (κ2) is 10.4. The normalized spacial score (nSPS) is 15.2. The van der Waals surface area contributed by atoms with Gasteiger partial charge in [-0.15, -0.1) is 0 Å². The first-order valence-electron chi connectivity index (χ1n) is 5.97. The molecule has 1 N–H and O–H groups in total. The Labute approximate surface area is 94.5 Å². The minimum atomic E-state index is 0.389. The number of nitrogens with one attached hydrogen (secondary N) is 1. The van der Waals surface area contributed by atoms with Gasteiger partial charge in [-0.1, -0.05) is 0 Å². The van der Waals surface area contributed by atoms with Gasteiger partial charge in [-0.05, 0) is 52.6 Å². The van der Waals surface area contributed by atoms with Crippen LogP contribution in [0.3, 0.4) is 0 Å². The van der Waals surface area contributed by atoms with Gasteiger partial charge in [0.1, 0.15) is 0 Å². The van der Waals surface area contributed by atoms with Gasteiger partial charge in [-0.2, -0.15) is 0 Å². The Hall–Kier alpha value is -0.120. The lowest BCUT2D eigenvalue weighted by atomic mass is 10.2. The molecule has 0 amide bonds. The minimum absolute atomic E-state index is 0.389. The van der Waals surface area contributed by atoms with Crippen molar-refractivity contribution in [2.75, 3.05) is 27.3 Å². The molecular weight excluding hydrogens is 190 g/mol. The van der Waals surface area contributed by atoms with E-state index in [-0.39, 0.29) is 0 Å². The van der Waals surface area contributed by atoms with Crippen LogP contribution < -0.4 is 5.32 Å². The van der Waals surface area contributed by atoms with Crippen molar-refractivity contribution in [2.24, 2.45) is 0 Å². The lowest BCUT2D eigenvalue weighted by Gasteiger charge is -2.11. The molecule has 2 unspecified atom stereocenters. The highest BCUT2D eigenvalue weighted by molar-refractivity contribution is 4.55. The van der Waals surface area contributed by atoms with Crippen molar-refractivity contribution in [2.45, 2.75) is 51.7 Å². The summed E-state index contributed by atoms with van der Waals surface area (Å²) in [5.41, 5.74) is 0. The number of rotatable bonds is 10. The van der Waals surface area contributed by atoms with Gasteiger partial charge in [-0.25, -0.2) is 0 Å². The van der Waals surface area contributed by atoms with E-state index in [9.17, 15) is 0 Å². The van der Waals surface area contributed by atoms with Crippen LogP contribution in [0.1, 0.15) is 39.5 Å².